The number of sulfonamides is 1. The molecule has 1 N–H and O–H groups in total. The Labute approximate surface area is 159 Å². The van der Waals surface area contributed by atoms with Gasteiger partial charge in [-0.1, -0.05) is 6.92 Å². The average Bonchev–Trinajstić information content (AvgIpc) is 2.67. The number of piperidine rings is 1. The number of nitrogens with zero attached hydrogens (tertiary/aromatic N) is 1. The minimum atomic E-state index is -3.49. The average molecular weight is 390 g/mol. The van der Waals surface area contributed by atoms with E-state index in [1.807, 2.05) is 0 Å². The summed E-state index contributed by atoms with van der Waals surface area (Å²) in [6.45, 7) is 3.21. The number of hydrogen-bond donors (Lipinski definition) is 1. The van der Waals surface area contributed by atoms with Crippen LogP contribution < -0.4 is 5.32 Å². The molecule has 7 heteroatoms. The summed E-state index contributed by atoms with van der Waals surface area (Å²) in [5.74, 6) is -0.194. The number of carbonyl (C=O) groups excluding carboxylic acids is 1. The van der Waals surface area contributed by atoms with Crippen molar-refractivity contribution in [1.82, 2.24) is 4.31 Å². The Kier molecular flexibility index (Phi) is 5.92. The predicted octanol–water partition coefficient (Wildman–Crippen LogP) is 3.54. The zero-order chi connectivity index (χ0) is 19.4. The van der Waals surface area contributed by atoms with Crippen molar-refractivity contribution in [2.24, 2.45) is 5.92 Å². The summed E-state index contributed by atoms with van der Waals surface area (Å²) in [7, 11) is -3.49. The van der Waals surface area contributed by atoms with Crippen molar-refractivity contribution in [2.75, 3.05) is 25.0 Å². The second-order valence-electron chi connectivity index (χ2n) is 6.92. The zero-order valence-electron chi connectivity index (χ0n) is 15.2. The van der Waals surface area contributed by atoms with E-state index in [-0.39, 0.29) is 23.0 Å². The maximum atomic E-state index is 12.9. The normalized spacial score (nSPS) is 18.2. The van der Waals surface area contributed by atoms with Crippen LogP contribution in [0.1, 0.15) is 30.1 Å². The molecule has 144 valence electrons. The molecule has 1 unspecified atom stereocenters. The Hall–Kier alpha value is -2.25. The molecule has 27 heavy (non-hydrogen) atoms. The van der Waals surface area contributed by atoms with Crippen molar-refractivity contribution in [2.45, 2.75) is 24.7 Å². The summed E-state index contributed by atoms with van der Waals surface area (Å²) < 4.78 is 39.9. The van der Waals surface area contributed by atoms with Gasteiger partial charge < -0.3 is 5.32 Å². The summed E-state index contributed by atoms with van der Waals surface area (Å²) in [6.07, 6.45) is 1.93. The van der Waals surface area contributed by atoms with Crippen LogP contribution >= 0.6 is 0 Å². The van der Waals surface area contributed by atoms with Crippen LogP contribution in [-0.4, -0.2) is 38.1 Å². The summed E-state index contributed by atoms with van der Waals surface area (Å²) >= 11 is 0. The number of anilines is 1. The van der Waals surface area contributed by atoms with Crippen LogP contribution in [-0.2, 0) is 10.0 Å². The molecule has 0 spiro atoms. The van der Waals surface area contributed by atoms with Crippen LogP contribution in [0.3, 0.4) is 0 Å². The molecule has 0 aromatic heterocycles. The van der Waals surface area contributed by atoms with Crippen LogP contribution in [0.4, 0.5) is 10.1 Å². The van der Waals surface area contributed by atoms with Crippen molar-refractivity contribution in [1.29, 1.82) is 0 Å². The third-order valence-corrected chi connectivity index (χ3v) is 6.61. The van der Waals surface area contributed by atoms with E-state index < -0.39 is 10.0 Å². The van der Waals surface area contributed by atoms with E-state index in [4.69, 9.17) is 0 Å². The smallest absolute Gasteiger partial charge is 0.243 e. The fourth-order valence-corrected chi connectivity index (χ4v) is 4.78. The molecular formula is C20H23FN2O3S. The molecule has 5 nitrogen and oxygen atoms in total. The Morgan fingerprint density at radius 3 is 2.44 bits per heavy atom. The van der Waals surface area contributed by atoms with Crippen LogP contribution in [0.25, 0.3) is 0 Å². The Morgan fingerprint density at radius 2 is 1.81 bits per heavy atom. The van der Waals surface area contributed by atoms with Gasteiger partial charge in [-0.25, -0.2) is 12.8 Å². The van der Waals surface area contributed by atoms with Crippen molar-refractivity contribution < 1.29 is 17.6 Å². The maximum absolute atomic E-state index is 12.9. The fourth-order valence-electron chi connectivity index (χ4n) is 3.18. The fraction of sp³-hybridized carbons (Fsp3) is 0.350. The number of halogens is 1. The van der Waals surface area contributed by atoms with Crippen LogP contribution in [0.15, 0.2) is 53.4 Å². The first-order chi connectivity index (χ1) is 12.9. The molecule has 0 amide bonds. The first-order valence-corrected chi connectivity index (χ1v) is 10.4. The van der Waals surface area contributed by atoms with Gasteiger partial charge in [0.1, 0.15) is 5.82 Å². The molecule has 2 aromatic rings. The van der Waals surface area contributed by atoms with E-state index in [1.54, 1.807) is 28.6 Å². The minimum Gasteiger partial charge on any atom is -0.378 e. The van der Waals surface area contributed by atoms with E-state index in [0.29, 0.717) is 30.3 Å². The number of rotatable bonds is 6. The molecule has 0 bridgehead atoms. The van der Waals surface area contributed by atoms with Gasteiger partial charge in [0.15, 0.2) is 5.78 Å². The summed E-state index contributed by atoms with van der Waals surface area (Å²) in [5, 5.41) is 2.97. The third-order valence-electron chi connectivity index (χ3n) is 4.73. The van der Waals surface area contributed by atoms with Crippen molar-refractivity contribution in [3.8, 4) is 0 Å². The maximum Gasteiger partial charge on any atom is 0.243 e. The van der Waals surface area contributed by atoms with Crippen molar-refractivity contribution in [3.05, 3.63) is 59.9 Å². The zero-order valence-corrected chi connectivity index (χ0v) is 16.0. The van der Waals surface area contributed by atoms with Gasteiger partial charge in [-0.3, -0.25) is 4.79 Å². The molecular weight excluding hydrogens is 367 g/mol. The van der Waals surface area contributed by atoms with Gasteiger partial charge in [0.05, 0.1) is 11.4 Å². The number of benzene rings is 2. The second kappa shape index (κ2) is 8.19. The van der Waals surface area contributed by atoms with Gasteiger partial charge in [-0.15, -0.1) is 0 Å². The standard InChI is InChI=1S/C20H23FN2O3S/c1-15-3-2-12-23(14-15)27(25,26)19-10-8-18(9-11-19)22-13-20(24)16-4-6-17(21)7-5-16/h4-11,15,22H,2-3,12-14H2,1H3. The Bertz CT molecular complexity index is 896. The predicted molar refractivity (Wildman–Crippen MR) is 103 cm³/mol. The highest BCUT2D eigenvalue weighted by Gasteiger charge is 2.28. The molecule has 2 aromatic carbocycles. The van der Waals surface area contributed by atoms with Gasteiger partial charge in [-0.05, 0) is 67.3 Å². The highest BCUT2D eigenvalue weighted by Crippen LogP contribution is 2.24. The highest BCUT2D eigenvalue weighted by atomic mass is 32.2. The summed E-state index contributed by atoms with van der Waals surface area (Å²) in [6, 6.07) is 11.8. The van der Waals surface area contributed by atoms with Crippen LogP contribution in [0.5, 0.6) is 0 Å². The van der Waals surface area contributed by atoms with Crippen molar-refractivity contribution >= 4 is 21.5 Å². The van der Waals surface area contributed by atoms with Gasteiger partial charge >= 0.3 is 0 Å². The number of nitrogens with one attached hydrogen (secondary N) is 1. The first-order valence-electron chi connectivity index (χ1n) is 8.99. The lowest BCUT2D eigenvalue weighted by molar-refractivity contribution is 0.101. The molecule has 1 saturated heterocycles. The number of Topliss-reactive ketones (excluding diaryl/α,β-unsaturated/α-hetero) is 1. The number of hydrogen-bond acceptors (Lipinski definition) is 4. The third kappa shape index (κ3) is 4.73. The minimum absolute atomic E-state index is 0.0430. The second-order valence-corrected chi connectivity index (χ2v) is 8.86. The van der Waals surface area contributed by atoms with E-state index in [1.165, 1.54) is 24.3 Å². The lowest BCUT2D eigenvalue weighted by atomic mass is 10.0. The lowest BCUT2D eigenvalue weighted by Crippen LogP contribution is -2.39. The quantitative estimate of drug-likeness (QED) is 0.766. The topological polar surface area (TPSA) is 66.5 Å². The largest absolute Gasteiger partial charge is 0.378 e. The summed E-state index contributed by atoms with van der Waals surface area (Å²) in [5.41, 5.74) is 1.07. The van der Waals surface area contributed by atoms with Gasteiger partial charge in [-0.2, -0.15) is 4.31 Å². The summed E-state index contributed by atoms with van der Waals surface area (Å²) in [4.78, 5) is 12.4. The van der Waals surface area contributed by atoms with E-state index >= 15 is 0 Å². The molecule has 1 atom stereocenters. The number of ketones is 1. The molecule has 1 aliphatic rings. The van der Waals surface area contributed by atoms with E-state index in [0.717, 1.165) is 12.8 Å². The monoisotopic (exact) mass is 390 g/mol. The van der Waals surface area contributed by atoms with Gasteiger partial charge in [0, 0.05) is 24.3 Å². The van der Waals surface area contributed by atoms with Crippen molar-refractivity contribution in [3.63, 3.8) is 0 Å². The molecule has 1 heterocycles. The molecule has 1 fully saturated rings. The molecule has 0 saturated carbocycles. The highest BCUT2D eigenvalue weighted by molar-refractivity contribution is 7.89. The molecule has 3 rings (SSSR count). The van der Waals surface area contributed by atoms with Gasteiger partial charge in [0.25, 0.3) is 0 Å². The van der Waals surface area contributed by atoms with E-state index in [2.05, 4.69) is 12.2 Å². The Balaban J connectivity index is 1.63. The molecule has 1 aliphatic heterocycles. The van der Waals surface area contributed by atoms with Gasteiger partial charge in [0.2, 0.25) is 10.0 Å². The van der Waals surface area contributed by atoms with Crippen LogP contribution in [0, 0.1) is 11.7 Å². The molecule has 0 radical (unpaired) electrons. The molecule has 0 aliphatic carbocycles. The van der Waals surface area contributed by atoms with Crippen LogP contribution in [0.2, 0.25) is 0 Å². The SMILES string of the molecule is CC1CCCN(S(=O)(=O)c2ccc(NCC(=O)c3ccc(F)cc3)cc2)C1. The lowest BCUT2D eigenvalue weighted by Gasteiger charge is -2.30. The first kappa shape index (κ1) is 19.5. The Morgan fingerprint density at radius 1 is 1.15 bits per heavy atom. The number of carbonyl (C=O) groups is 1. The van der Waals surface area contributed by atoms with E-state index in [9.17, 15) is 17.6 Å².